The minimum Gasteiger partial charge on any atom is -0.507 e. The lowest BCUT2D eigenvalue weighted by Gasteiger charge is -2.13. The third kappa shape index (κ3) is 2.71. The Morgan fingerprint density at radius 3 is 2.50 bits per heavy atom. The molecule has 0 aliphatic rings. The molecule has 0 aliphatic carbocycles. The van der Waals surface area contributed by atoms with E-state index in [2.05, 4.69) is 6.92 Å². The second-order valence-corrected chi connectivity index (χ2v) is 4.54. The van der Waals surface area contributed by atoms with Gasteiger partial charge in [0.15, 0.2) is 0 Å². The summed E-state index contributed by atoms with van der Waals surface area (Å²) in [6.45, 7) is 2.12. The zero-order valence-electron chi connectivity index (χ0n) is 10.6. The van der Waals surface area contributed by atoms with E-state index in [1.165, 1.54) is 0 Å². The quantitative estimate of drug-likeness (QED) is 0.853. The molecule has 2 nitrogen and oxygen atoms in total. The van der Waals surface area contributed by atoms with Crippen LogP contribution in [0.4, 0.5) is 0 Å². The van der Waals surface area contributed by atoms with Crippen molar-refractivity contribution in [1.82, 2.24) is 0 Å². The summed E-state index contributed by atoms with van der Waals surface area (Å²) < 4.78 is 0. The Kier molecular flexibility index (Phi) is 4.00. The molecule has 3 N–H and O–H groups in total. The molecule has 2 aromatic rings. The van der Waals surface area contributed by atoms with Gasteiger partial charge in [0.1, 0.15) is 5.75 Å². The van der Waals surface area contributed by atoms with Gasteiger partial charge in [-0.2, -0.15) is 0 Å². The Morgan fingerprint density at radius 1 is 1.11 bits per heavy atom. The van der Waals surface area contributed by atoms with Crippen LogP contribution in [0.3, 0.4) is 0 Å². The van der Waals surface area contributed by atoms with Gasteiger partial charge in [-0.3, -0.25) is 0 Å². The SMILES string of the molecule is CCCC(N)c1ccc(O)c(-c2ccccc2)c1. The lowest BCUT2D eigenvalue weighted by molar-refractivity contribution is 0.476. The van der Waals surface area contributed by atoms with Crippen molar-refractivity contribution in [3.8, 4) is 16.9 Å². The van der Waals surface area contributed by atoms with Gasteiger partial charge in [-0.15, -0.1) is 0 Å². The van der Waals surface area contributed by atoms with Gasteiger partial charge in [0.25, 0.3) is 0 Å². The monoisotopic (exact) mass is 241 g/mol. The normalized spacial score (nSPS) is 12.3. The molecule has 2 rings (SSSR count). The third-order valence-corrected chi connectivity index (χ3v) is 3.13. The Labute approximate surface area is 108 Å². The number of rotatable bonds is 4. The zero-order chi connectivity index (χ0) is 13.0. The molecule has 0 radical (unpaired) electrons. The summed E-state index contributed by atoms with van der Waals surface area (Å²) >= 11 is 0. The summed E-state index contributed by atoms with van der Waals surface area (Å²) in [5.74, 6) is 0.300. The van der Waals surface area contributed by atoms with Crippen molar-refractivity contribution < 1.29 is 5.11 Å². The summed E-state index contributed by atoms with van der Waals surface area (Å²) in [6, 6.07) is 15.5. The Hall–Kier alpha value is -1.80. The molecule has 0 amide bonds. The number of benzene rings is 2. The molecule has 1 atom stereocenters. The molecule has 0 saturated carbocycles. The first kappa shape index (κ1) is 12.7. The number of phenols is 1. The zero-order valence-corrected chi connectivity index (χ0v) is 10.6. The molecule has 0 spiro atoms. The average molecular weight is 241 g/mol. The maximum Gasteiger partial charge on any atom is 0.123 e. The van der Waals surface area contributed by atoms with E-state index in [-0.39, 0.29) is 6.04 Å². The van der Waals surface area contributed by atoms with Crippen molar-refractivity contribution >= 4 is 0 Å². The van der Waals surface area contributed by atoms with E-state index < -0.39 is 0 Å². The minimum absolute atomic E-state index is 0.0399. The van der Waals surface area contributed by atoms with Gasteiger partial charge in [0.05, 0.1) is 0 Å². The van der Waals surface area contributed by atoms with Crippen LogP contribution < -0.4 is 5.73 Å². The molecule has 18 heavy (non-hydrogen) atoms. The van der Waals surface area contributed by atoms with Crippen LogP contribution in [0.5, 0.6) is 5.75 Å². The topological polar surface area (TPSA) is 46.2 Å². The number of aromatic hydroxyl groups is 1. The first-order valence-electron chi connectivity index (χ1n) is 6.36. The maximum absolute atomic E-state index is 9.96. The minimum atomic E-state index is 0.0399. The van der Waals surface area contributed by atoms with Crippen molar-refractivity contribution in [3.05, 3.63) is 54.1 Å². The molecule has 0 fully saturated rings. The Morgan fingerprint density at radius 2 is 1.83 bits per heavy atom. The van der Waals surface area contributed by atoms with E-state index in [9.17, 15) is 5.11 Å². The molecule has 0 aliphatic heterocycles. The van der Waals surface area contributed by atoms with E-state index in [1.54, 1.807) is 6.07 Å². The first-order chi connectivity index (χ1) is 8.72. The van der Waals surface area contributed by atoms with Crippen molar-refractivity contribution in [2.75, 3.05) is 0 Å². The van der Waals surface area contributed by atoms with Gasteiger partial charge in [0, 0.05) is 11.6 Å². The number of phenolic OH excluding ortho intramolecular Hbond substituents is 1. The standard InChI is InChI=1S/C16H19NO/c1-2-6-15(17)13-9-10-16(18)14(11-13)12-7-4-3-5-8-12/h3-5,7-11,15,18H,2,6,17H2,1H3. The fraction of sp³-hybridized carbons (Fsp3) is 0.250. The molecule has 2 aromatic carbocycles. The number of nitrogens with two attached hydrogens (primary N) is 1. The van der Waals surface area contributed by atoms with Crippen LogP contribution in [-0.4, -0.2) is 5.11 Å². The summed E-state index contributed by atoms with van der Waals surface area (Å²) in [6.07, 6.45) is 2.02. The van der Waals surface area contributed by atoms with Crippen LogP contribution in [0.1, 0.15) is 31.4 Å². The van der Waals surface area contributed by atoms with Gasteiger partial charge in [0.2, 0.25) is 0 Å². The largest absolute Gasteiger partial charge is 0.507 e. The highest BCUT2D eigenvalue weighted by Gasteiger charge is 2.09. The Balaban J connectivity index is 2.39. The number of hydrogen-bond donors (Lipinski definition) is 2. The van der Waals surface area contributed by atoms with E-state index in [4.69, 9.17) is 5.73 Å². The second-order valence-electron chi connectivity index (χ2n) is 4.54. The molecule has 0 heterocycles. The van der Waals surface area contributed by atoms with Crippen LogP contribution in [0.25, 0.3) is 11.1 Å². The molecule has 2 heteroatoms. The van der Waals surface area contributed by atoms with Gasteiger partial charge >= 0.3 is 0 Å². The fourth-order valence-corrected chi connectivity index (χ4v) is 2.11. The van der Waals surface area contributed by atoms with Gasteiger partial charge in [-0.05, 0) is 29.7 Å². The number of hydrogen-bond acceptors (Lipinski definition) is 2. The predicted octanol–water partition coefficient (Wildman–Crippen LogP) is 3.86. The van der Waals surface area contributed by atoms with Crippen molar-refractivity contribution in [2.24, 2.45) is 5.73 Å². The smallest absolute Gasteiger partial charge is 0.123 e. The van der Waals surface area contributed by atoms with Crippen molar-refractivity contribution in [1.29, 1.82) is 0 Å². The van der Waals surface area contributed by atoms with Gasteiger partial charge in [-0.25, -0.2) is 0 Å². The van der Waals surface area contributed by atoms with Crippen LogP contribution in [0, 0.1) is 0 Å². The first-order valence-corrected chi connectivity index (χ1v) is 6.36. The highest BCUT2D eigenvalue weighted by Crippen LogP contribution is 2.31. The second kappa shape index (κ2) is 5.69. The Bertz CT molecular complexity index is 508. The summed E-state index contributed by atoms with van der Waals surface area (Å²) in [4.78, 5) is 0. The van der Waals surface area contributed by atoms with E-state index in [1.807, 2.05) is 42.5 Å². The van der Waals surface area contributed by atoms with Crippen molar-refractivity contribution in [2.45, 2.75) is 25.8 Å². The molecule has 0 bridgehead atoms. The summed E-state index contributed by atoms with van der Waals surface area (Å²) in [5.41, 5.74) is 9.06. The highest BCUT2D eigenvalue weighted by atomic mass is 16.3. The van der Waals surface area contributed by atoms with Crippen LogP contribution in [0.15, 0.2) is 48.5 Å². The molecular formula is C16H19NO. The van der Waals surface area contributed by atoms with Crippen LogP contribution >= 0.6 is 0 Å². The van der Waals surface area contributed by atoms with E-state index in [0.29, 0.717) is 5.75 Å². The molecule has 0 aromatic heterocycles. The van der Waals surface area contributed by atoms with Crippen molar-refractivity contribution in [3.63, 3.8) is 0 Å². The van der Waals surface area contributed by atoms with Crippen LogP contribution in [-0.2, 0) is 0 Å². The highest BCUT2D eigenvalue weighted by molar-refractivity contribution is 5.70. The van der Waals surface area contributed by atoms with E-state index >= 15 is 0 Å². The van der Waals surface area contributed by atoms with E-state index in [0.717, 1.165) is 29.5 Å². The van der Waals surface area contributed by atoms with Gasteiger partial charge in [-0.1, -0.05) is 49.7 Å². The molecular weight excluding hydrogens is 222 g/mol. The lowest BCUT2D eigenvalue weighted by Crippen LogP contribution is -2.09. The molecule has 1 unspecified atom stereocenters. The average Bonchev–Trinajstić information content (AvgIpc) is 2.40. The third-order valence-electron chi connectivity index (χ3n) is 3.13. The lowest BCUT2D eigenvalue weighted by atomic mass is 9.97. The summed E-state index contributed by atoms with van der Waals surface area (Å²) in [7, 11) is 0. The van der Waals surface area contributed by atoms with Gasteiger partial charge < -0.3 is 10.8 Å². The fourth-order valence-electron chi connectivity index (χ4n) is 2.11. The molecule has 94 valence electrons. The maximum atomic E-state index is 9.96. The summed E-state index contributed by atoms with van der Waals surface area (Å²) in [5, 5.41) is 9.96. The van der Waals surface area contributed by atoms with Crippen LogP contribution in [0.2, 0.25) is 0 Å². The predicted molar refractivity (Wildman–Crippen MR) is 75.4 cm³/mol. The molecule has 0 saturated heterocycles.